The van der Waals surface area contributed by atoms with Gasteiger partial charge in [0, 0.05) is 6.54 Å². The molecule has 140 valence electrons. The Morgan fingerprint density at radius 2 is 2.00 bits per heavy atom. The number of thioether (sulfide) groups is 1. The lowest BCUT2D eigenvalue weighted by Crippen LogP contribution is -2.28. The van der Waals surface area contributed by atoms with Crippen molar-refractivity contribution in [2.75, 3.05) is 13.7 Å². The van der Waals surface area contributed by atoms with Gasteiger partial charge >= 0.3 is 0 Å². The minimum atomic E-state index is -0.0737. The Bertz CT molecular complexity index is 939. The molecule has 1 fully saturated rings. The van der Waals surface area contributed by atoms with Gasteiger partial charge in [-0.3, -0.25) is 9.69 Å². The molecule has 2 aromatic carbocycles. The second-order valence-electron chi connectivity index (χ2n) is 5.94. The van der Waals surface area contributed by atoms with Gasteiger partial charge in [-0.15, -0.1) is 0 Å². The summed E-state index contributed by atoms with van der Waals surface area (Å²) in [6, 6.07) is 11.4. The molecule has 0 unspecified atom stereocenters. The number of carbonyl (C=O) groups is 1. The van der Waals surface area contributed by atoms with Crippen molar-refractivity contribution in [1.82, 2.24) is 4.90 Å². The van der Waals surface area contributed by atoms with Gasteiger partial charge in [0.25, 0.3) is 5.91 Å². The molecule has 0 aromatic heterocycles. The van der Waals surface area contributed by atoms with Crippen LogP contribution in [-0.2, 0) is 4.79 Å². The van der Waals surface area contributed by atoms with Gasteiger partial charge in [-0.1, -0.05) is 17.7 Å². The van der Waals surface area contributed by atoms with E-state index in [0.29, 0.717) is 25.9 Å². The number of aliphatic imine (C=N–C) groups is 1. The summed E-state index contributed by atoms with van der Waals surface area (Å²) in [6.45, 7) is 4.50. The summed E-state index contributed by atoms with van der Waals surface area (Å²) in [5.41, 5.74) is 2.77. The summed E-state index contributed by atoms with van der Waals surface area (Å²) in [4.78, 5) is 19.7. The third kappa shape index (κ3) is 4.30. The lowest BCUT2D eigenvalue weighted by atomic mass is 10.2. The highest BCUT2D eigenvalue weighted by Gasteiger charge is 2.32. The average Bonchev–Trinajstić information content (AvgIpc) is 2.94. The quantitative estimate of drug-likeness (QED) is 0.484. The summed E-state index contributed by atoms with van der Waals surface area (Å²) in [6.07, 6.45) is 1.80. The average molecular weight is 494 g/mol. The van der Waals surface area contributed by atoms with Crippen LogP contribution in [0.2, 0.25) is 0 Å². The Morgan fingerprint density at radius 1 is 1.30 bits per heavy atom. The fraction of sp³-hybridized carbons (Fsp3) is 0.200. The first-order chi connectivity index (χ1) is 12.9. The number of carbonyl (C=O) groups excluding carboxylic acids is 1. The molecule has 0 spiro atoms. The van der Waals surface area contributed by atoms with E-state index >= 15 is 0 Å². The normalized spacial score (nSPS) is 17.2. The minimum absolute atomic E-state index is 0.0737. The molecule has 0 aliphatic carbocycles. The van der Waals surface area contributed by atoms with Gasteiger partial charge in [-0.05, 0) is 84.1 Å². The summed E-state index contributed by atoms with van der Waals surface area (Å²) in [5.74, 6) is 0.406. The number of benzene rings is 2. The van der Waals surface area contributed by atoms with E-state index in [1.807, 2.05) is 66.8 Å². The van der Waals surface area contributed by atoms with Crippen LogP contribution in [0.15, 0.2) is 46.3 Å². The molecule has 1 aliphatic heterocycles. The van der Waals surface area contributed by atoms with Gasteiger partial charge < -0.3 is 9.84 Å². The number of amidine groups is 1. The molecule has 3 rings (SSSR count). The Kier molecular flexibility index (Phi) is 6.11. The number of amides is 1. The molecule has 1 heterocycles. The lowest BCUT2D eigenvalue weighted by molar-refractivity contribution is -0.122. The Hall–Kier alpha value is -2.00. The molecular formula is C20H19IN2O3S. The fourth-order valence-corrected chi connectivity index (χ4v) is 4.27. The van der Waals surface area contributed by atoms with Crippen molar-refractivity contribution in [3.05, 3.63) is 56.0 Å². The topological polar surface area (TPSA) is 62.1 Å². The molecule has 1 amide bonds. The highest BCUT2D eigenvalue weighted by Crippen LogP contribution is 2.37. The van der Waals surface area contributed by atoms with Gasteiger partial charge in [0.15, 0.2) is 16.7 Å². The zero-order chi connectivity index (χ0) is 19.6. The summed E-state index contributed by atoms with van der Waals surface area (Å²) < 4.78 is 5.86. The first-order valence-corrected chi connectivity index (χ1v) is 10.3. The molecular weight excluding hydrogens is 475 g/mol. The highest BCUT2D eigenvalue weighted by molar-refractivity contribution is 14.1. The largest absolute Gasteiger partial charge is 0.504 e. The number of phenolic OH excluding ortho intramolecular Hbond substituents is 1. The summed E-state index contributed by atoms with van der Waals surface area (Å²) in [7, 11) is 1.50. The van der Waals surface area contributed by atoms with E-state index in [0.717, 1.165) is 16.8 Å². The van der Waals surface area contributed by atoms with Gasteiger partial charge in [0.2, 0.25) is 0 Å². The first-order valence-electron chi connectivity index (χ1n) is 8.36. The van der Waals surface area contributed by atoms with Crippen LogP contribution >= 0.6 is 34.4 Å². The monoisotopic (exact) mass is 494 g/mol. The van der Waals surface area contributed by atoms with E-state index in [4.69, 9.17) is 4.74 Å². The molecule has 7 heteroatoms. The molecule has 0 atom stereocenters. The van der Waals surface area contributed by atoms with Crippen molar-refractivity contribution in [2.45, 2.75) is 13.8 Å². The second kappa shape index (κ2) is 8.35. The van der Waals surface area contributed by atoms with Crippen LogP contribution in [-0.4, -0.2) is 34.7 Å². The number of ether oxygens (including phenoxy) is 1. The fourth-order valence-electron chi connectivity index (χ4n) is 2.58. The molecule has 0 bridgehead atoms. The predicted molar refractivity (Wildman–Crippen MR) is 119 cm³/mol. The van der Waals surface area contributed by atoms with Gasteiger partial charge in [-0.2, -0.15) is 0 Å². The number of phenols is 1. The molecule has 5 nitrogen and oxygen atoms in total. The zero-order valence-electron chi connectivity index (χ0n) is 15.2. The number of methoxy groups -OCH3 is 1. The van der Waals surface area contributed by atoms with Crippen molar-refractivity contribution in [3.63, 3.8) is 0 Å². The van der Waals surface area contributed by atoms with Crippen LogP contribution in [0.5, 0.6) is 11.5 Å². The number of aromatic hydroxyl groups is 1. The number of hydrogen-bond donors (Lipinski definition) is 1. The van der Waals surface area contributed by atoms with E-state index in [9.17, 15) is 9.90 Å². The number of likely N-dealkylation sites (N-methyl/N-ethyl adjacent to an activating group) is 1. The number of hydrogen-bond acceptors (Lipinski definition) is 5. The van der Waals surface area contributed by atoms with Crippen molar-refractivity contribution in [2.24, 2.45) is 4.99 Å². The lowest BCUT2D eigenvalue weighted by Gasteiger charge is -2.12. The third-order valence-electron chi connectivity index (χ3n) is 4.03. The van der Waals surface area contributed by atoms with Crippen LogP contribution < -0.4 is 4.74 Å². The second-order valence-corrected chi connectivity index (χ2v) is 8.11. The maximum absolute atomic E-state index is 12.8. The number of rotatable bonds is 4. The zero-order valence-corrected chi connectivity index (χ0v) is 18.2. The molecule has 0 saturated carbocycles. The first kappa shape index (κ1) is 19.8. The van der Waals surface area contributed by atoms with E-state index < -0.39 is 0 Å². The minimum Gasteiger partial charge on any atom is -0.504 e. The summed E-state index contributed by atoms with van der Waals surface area (Å²) in [5, 5.41) is 10.7. The summed E-state index contributed by atoms with van der Waals surface area (Å²) >= 11 is 3.39. The Labute approximate surface area is 176 Å². The molecule has 1 N–H and O–H groups in total. The molecule has 27 heavy (non-hydrogen) atoms. The standard InChI is InChI=1S/C20H19IN2O3S/c1-4-23-19(25)17(11-13-9-15(21)18(24)16(10-13)26-3)27-20(23)22-14-7-5-12(2)6-8-14/h5-11,24H,4H2,1-3H3/b17-11+,22-20?. The van der Waals surface area contributed by atoms with Gasteiger partial charge in [0.1, 0.15) is 0 Å². The van der Waals surface area contributed by atoms with Crippen molar-refractivity contribution in [1.29, 1.82) is 0 Å². The van der Waals surface area contributed by atoms with Crippen LogP contribution in [0.4, 0.5) is 5.69 Å². The molecule has 1 saturated heterocycles. The molecule has 0 radical (unpaired) electrons. The maximum Gasteiger partial charge on any atom is 0.266 e. The predicted octanol–water partition coefficient (Wildman–Crippen LogP) is 4.94. The van der Waals surface area contributed by atoms with E-state index in [-0.39, 0.29) is 11.7 Å². The Morgan fingerprint density at radius 3 is 2.63 bits per heavy atom. The van der Waals surface area contributed by atoms with E-state index in [2.05, 4.69) is 4.99 Å². The maximum atomic E-state index is 12.8. The highest BCUT2D eigenvalue weighted by atomic mass is 127. The number of nitrogens with zero attached hydrogens (tertiary/aromatic N) is 2. The van der Waals surface area contributed by atoms with E-state index in [1.54, 1.807) is 17.0 Å². The van der Waals surface area contributed by atoms with Crippen LogP contribution in [0.3, 0.4) is 0 Å². The van der Waals surface area contributed by atoms with Crippen molar-refractivity contribution < 1.29 is 14.6 Å². The SMILES string of the molecule is CCN1C(=O)/C(=C\c2cc(I)c(O)c(OC)c2)SC1=Nc1ccc(C)cc1. The third-order valence-corrected chi connectivity index (χ3v) is 5.86. The number of halogens is 1. The smallest absolute Gasteiger partial charge is 0.266 e. The van der Waals surface area contributed by atoms with Crippen LogP contribution in [0.1, 0.15) is 18.1 Å². The molecule has 1 aliphatic rings. The van der Waals surface area contributed by atoms with E-state index in [1.165, 1.54) is 18.9 Å². The van der Waals surface area contributed by atoms with Crippen molar-refractivity contribution in [3.8, 4) is 11.5 Å². The number of aryl methyl sites for hydroxylation is 1. The molecule has 2 aromatic rings. The van der Waals surface area contributed by atoms with Gasteiger partial charge in [-0.25, -0.2) is 4.99 Å². The van der Waals surface area contributed by atoms with Gasteiger partial charge in [0.05, 0.1) is 21.3 Å². The van der Waals surface area contributed by atoms with Crippen molar-refractivity contribution >= 4 is 57.2 Å². The van der Waals surface area contributed by atoms with Crippen LogP contribution in [0.25, 0.3) is 6.08 Å². The Balaban J connectivity index is 1.96. The van der Waals surface area contributed by atoms with Crippen LogP contribution in [0, 0.1) is 10.5 Å².